The number of aryl methyl sites for hydroxylation is 1. The van der Waals surface area contributed by atoms with Crippen LogP contribution in [0, 0.1) is 6.92 Å². The summed E-state index contributed by atoms with van der Waals surface area (Å²) in [4.78, 5) is 33.7. The largest absolute Gasteiger partial charge is 0.357 e. The average molecular weight is 416 g/mol. The molecule has 0 aromatic carbocycles. The maximum absolute atomic E-state index is 13.0. The second-order valence-electron chi connectivity index (χ2n) is 8.19. The van der Waals surface area contributed by atoms with E-state index in [4.69, 9.17) is 0 Å². The van der Waals surface area contributed by atoms with E-state index in [1.807, 2.05) is 34.9 Å². The predicted octanol–water partition coefficient (Wildman–Crippen LogP) is 2.65. The maximum Gasteiger partial charge on any atom is 0.275 e. The zero-order valence-corrected chi connectivity index (χ0v) is 17.5. The van der Waals surface area contributed by atoms with E-state index in [0.717, 1.165) is 48.2 Å². The first-order valence-electron chi connectivity index (χ1n) is 10.6. The van der Waals surface area contributed by atoms with E-state index < -0.39 is 0 Å². The van der Waals surface area contributed by atoms with Crippen LogP contribution in [0.4, 0.5) is 5.82 Å². The van der Waals surface area contributed by atoms with Gasteiger partial charge in [-0.25, -0.2) is 0 Å². The highest BCUT2D eigenvalue weighted by Crippen LogP contribution is 2.42. The molecular weight excluding hydrogens is 392 g/mol. The number of carbonyl (C=O) groups excluding carboxylic acids is 2. The minimum atomic E-state index is -0.225. The van der Waals surface area contributed by atoms with E-state index in [9.17, 15) is 9.59 Å². The second kappa shape index (κ2) is 7.61. The SMILES string of the molecule is C=C1C2=C(C(=O)N1C1CC1)N(CC(=O)Nc1ccc(-c3cccnc3C)nn1)CCC2. The first-order valence-corrected chi connectivity index (χ1v) is 10.6. The molecule has 2 amide bonds. The topological polar surface area (TPSA) is 91.3 Å². The van der Waals surface area contributed by atoms with Crippen molar-refractivity contribution in [3.05, 3.63) is 59.7 Å². The summed E-state index contributed by atoms with van der Waals surface area (Å²) in [6, 6.07) is 7.60. The monoisotopic (exact) mass is 416 g/mol. The second-order valence-corrected chi connectivity index (χ2v) is 8.19. The zero-order chi connectivity index (χ0) is 21.5. The molecule has 1 fully saturated rings. The molecule has 1 aliphatic carbocycles. The van der Waals surface area contributed by atoms with Gasteiger partial charge in [0.05, 0.1) is 12.2 Å². The molecule has 0 spiro atoms. The minimum absolute atomic E-state index is 0.00835. The molecule has 1 saturated carbocycles. The van der Waals surface area contributed by atoms with Crippen LogP contribution in [-0.4, -0.2) is 55.9 Å². The van der Waals surface area contributed by atoms with Crippen molar-refractivity contribution in [1.29, 1.82) is 0 Å². The van der Waals surface area contributed by atoms with Crippen molar-refractivity contribution in [2.45, 2.75) is 38.6 Å². The Morgan fingerprint density at radius 2 is 2.10 bits per heavy atom. The third-order valence-corrected chi connectivity index (χ3v) is 5.98. The van der Waals surface area contributed by atoms with E-state index in [2.05, 4.69) is 27.1 Å². The Labute approximate surface area is 180 Å². The molecule has 8 heteroatoms. The van der Waals surface area contributed by atoms with Crippen LogP contribution in [0.25, 0.3) is 11.3 Å². The third kappa shape index (κ3) is 3.58. The Kier molecular flexibility index (Phi) is 4.77. The summed E-state index contributed by atoms with van der Waals surface area (Å²) in [5.74, 6) is 0.144. The summed E-state index contributed by atoms with van der Waals surface area (Å²) in [6.45, 7) is 6.84. The Morgan fingerprint density at radius 3 is 2.81 bits per heavy atom. The Hall–Kier alpha value is -3.55. The van der Waals surface area contributed by atoms with Crippen LogP contribution in [0.15, 0.2) is 54.0 Å². The van der Waals surface area contributed by atoms with Gasteiger partial charge in [-0.3, -0.25) is 14.6 Å². The van der Waals surface area contributed by atoms with E-state index in [1.165, 1.54) is 0 Å². The quantitative estimate of drug-likeness (QED) is 0.806. The van der Waals surface area contributed by atoms with E-state index in [0.29, 0.717) is 23.8 Å². The first kappa shape index (κ1) is 19.4. The number of carbonyl (C=O) groups is 2. The van der Waals surface area contributed by atoms with Gasteiger partial charge in [-0.1, -0.05) is 6.58 Å². The standard InChI is InChI=1S/C23H24N6O2/c1-14-17(5-3-11-24-14)19-9-10-20(27-26-19)25-21(30)13-28-12-4-6-18-15(2)29(16-7-8-16)23(31)22(18)28/h3,5,9-11,16H,2,4,6-8,12-13H2,1H3,(H,25,27,30). The van der Waals surface area contributed by atoms with Crippen molar-refractivity contribution in [1.82, 2.24) is 25.0 Å². The smallest absolute Gasteiger partial charge is 0.275 e. The van der Waals surface area contributed by atoms with E-state index >= 15 is 0 Å². The molecule has 2 aromatic heterocycles. The highest BCUT2D eigenvalue weighted by molar-refractivity contribution is 6.01. The molecule has 0 radical (unpaired) electrons. The van der Waals surface area contributed by atoms with Crippen LogP contribution < -0.4 is 5.32 Å². The molecule has 5 rings (SSSR count). The number of hydrogen-bond donors (Lipinski definition) is 1. The van der Waals surface area contributed by atoms with Crippen LogP contribution in [0.1, 0.15) is 31.4 Å². The number of nitrogens with zero attached hydrogens (tertiary/aromatic N) is 5. The summed E-state index contributed by atoms with van der Waals surface area (Å²) in [7, 11) is 0. The van der Waals surface area contributed by atoms with Gasteiger partial charge in [0, 0.05) is 41.3 Å². The molecule has 0 unspecified atom stereocenters. The molecule has 1 N–H and O–H groups in total. The number of amides is 2. The van der Waals surface area contributed by atoms with Gasteiger partial charge in [-0.2, -0.15) is 0 Å². The predicted molar refractivity (Wildman–Crippen MR) is 115 cm³/mol. The van der Waals surface area contributed by atoms with E-state index in [1.54, 1.807) is 12.3 Å². The number of rotatable bonds is 5. The van der Waals surface area contributed by atoms with Gasteiger partial charge in [0.2, 0.25) is 5.91 Å². The van der Waals surface area contributed by atoms with Gasteiger partial charge in [-0.15, -0.1) is 10.2 Å². The molecule has 4 heterocycles. The van der Waals surface area contributed by atoms with Crippen molar-refractivity contribution >= 4 is 17.6 Å². The molecular formula is C23H24N6O2. The van der Waals surface area contributed by atoms with Gasteiger partial charge >= 0.3 is 0 Å². The van der Waals surface area contributed by atoms with Crippen molar-refractivity contribution < 1.29 is 9.59 Å². The number of anilines is 1. The summed E-state index contributed by atoms with van der Waals surface area (Å²) in [6.07, 6.45) is 5.52. The third-order valence-electron chi connectivity index (χ3n) is 5.98. The lowest BCUT2D eigenvalue weighted by atomic mass is 10.0. The average Bonchev–Trinajstić information content (AvgIpc) is 3.56. The fourth-order valence-electron chi connectivity index (χ4n) is 4.33. The number of nitrogens with one attached hydrogen (secondary N) is 1. The molecule has 3 aliphatic rings. The lowest BCUT2D eigenvalue weighted by Gasteiger charge is -2.28. The van der Waals surface area contributed by atoms with Crippen molar-refractivity contribution in [2.24, 2.45) is 0 Å². The normalized spacial score (nSPS) is 18.5. The highest BCUT2D eigenvalue weighted by Gasteiger charge is 2.45. The Bertz CT molecular complexity index is 1100. The van der Waals surface area contributed by atoms with Crippen molar-refractivity contribution in [2.75, 3.05) is 18.4 Å². The Balaban J connectivity index is 1.27. The highest BCUT2D eigenvalue weighted by atomic mass is 16.2. The maximum atomic E-state index is 13.0. The van der Waals surface area contributed by atoms with Crippen LogP contribution in [0.5, 0.6) is 0 Å². The molecule has 0 bridgehead atoms. The fourth-order valence-corrected chi connectivity index (χ4v) is 4.33. The molecule has 0 saturated heterocycles. The molecule has 158 valence electrons. The molecule has 2 aromatic rings. The van der Waals surface area contributed by atoms with Crippen molar-refractivity contribution in [3.8, 4) is 11.3 Å². The van der Waals surface area contributed by atoms with Gasteiger partial charge in [0.25, 0.3) is 5.91 Å². The summed E-state index contributed by atoms with van der Waals surface area (Å²) in [5, 5.41) is 11.2. The zero-order valence-electron chi connectivity index (χ0n) is 17.5. The first-order chi connectivity index (χ1) is 15.0. The molecule has 0 atom stereocenters. The van der Waals surface area contributed by atoms with Crippen LogP contribution in [0.2, 0.25) is 0 Å². The minimum Gasteiger partial charge on any atom is -0.357 e. The molecule has 8 nitrogen and oxygen atoms in total. The van der Waals surface area contributed by atoms with Crippen LogP contribution in [0.3, 0.4) is 0 Å². The number of pyridine rings is 1. The lowest BCUT2D eigenvalue weighted by molar-refractivity contribution is -0.126. The Morgan fingerprint density at radius 1 is 1.26 bits per heavy atom. The van der Waals surface area contributed by atoms with Gasteiger partial charge in [0.1, 0.15) is 5.70 Å². The van der Waals surface area contributed by atoms with E-state index in [-0.39, 0.29) is 24.4 Å². The lowest BCUT2D eigenvalue weighted by Crippen LogP contribution is -2.39. The fraction of sp³-hybridized carbons (Fsp3) is 0.348. The van der Waals surface area contributed by atoms with Gasteiger partial charge < -0.3 is 15.1 Å². The van der Waals surface area contributed by atoms with Crippen molar-refractivity contribution in [3.63, 3.8) is 0 Å². The summed E-state index contributed by atoms with van der Waals surface area (Å²) >= 11 is 0. The van der Waals surface area contributed by atoms with Crippen LogP contribution >= 0.6 is 0 Å². The number of aromatic nitrogens is 3. The summed E-state index contributed by atoms with van der Waals surface area (Å²) < 4.78 is 0. The molecule has 2 aliphatic heterocycles. The summed E-state index contributed by atoms with van der Waals surface area (Å²) in [5.41, 5.74) is 4.93. The number of hydrogen-bond acceptors (Lipinski definition) is 6. The van der Waals surface area contributed by atoms with Crippen LogP contribution in [-0.2, 0) is 9.59 Å². The number of allylic oxidation sites excluding steroid dienone is 1. The van der Waals surface area contributed by atoms with Gasteiger partial charge in [-0.05, 0) is 56.9 Å². The van der Waals surface area contributed by atoms with Gasteiger partial charge in [0.15, 0.2) is 5.82 Å². The molecule has 31 heavy (non-hydrogen) atoms.